The van der Waals surface area contributed by atoms with Gasteiger partial charge in [-0.25, -0.2) is 4.98 Å². The Hall–Kier alpha value is -4.16. The van der Waals surface area contributed by atoms with Crippen LogP contribution in [0.1, 0.15) is 123 Å². The van der Waals surface area contributed by atoms with Crippen molar-refractivity contribution in [3.63, 3.8) is 0 Å². The van der Waals surface area contributed by atoms with E-state index in [-0.39, 0.29) is 46.7 Å². The van der Waals surface area contributed by atoms with Crippen molar-refractivity contribution in [2.45, 2.75) is 136 Å². The minimum atomic E-state index is -1.05. The summed E-state index contributed by atoms with van der Waals surface area (Å²) < 4.78 is 0. The highest BCUT2D eigenvalue weighted by molar-refractivity contribution is 6.38. The number of Topliss-reactive ketones (excluding diaryl/α,β-unsaturated/α-hetero) is 1. The van der Waals surface area contributed by atoms with Gasteiger partial charge in [-0.15, -0.1) is 6.58 Å². The van der Waals surface area contributed by atoms with Gasteiger partial charge in [-0.3, -0.25) is 33.8 Å². The average Bonchev–Trinajstić information content (AvgIpc) is 3.32. The van der Waals surface area contributed by atoms with E-state index in [1.165, 1.54) is 24.7 Å². The third-order valence-corrected chi connectivity index (χ3v) is 13.1. The number of hydrogen-bond donors (Lipinski definition) is 4. The van der Waals surface area contributed by atoms with Crippen LogP contribution in [-0.4, -0.2) is 87.4 Å². The van der Waals surface area contributed by atoms with Gasteiger partial charge in [-0.05, 0) is 60.7 Å². The molecular formula is C40H59N7O6. The van der Waals surface area contributed by atoms with Crippen LogP contribution in [0, 0.1) is 27.6 Å². The molecule has 5 amide bonds. The van der Waals surface area contributed by atoms with E-state index in [1.54, 1.807) is 4.90 Å². The van der Waals surface area contributed by atoms with Gasteiger partial charge in [-0.1, -0.05) is 79.7 Å². The highest BCUT2D eigenvalue weighted by atomic mass is 16.2. The molecule has 0 unspecified atom stereocenters. The molecule has 1 saturated heterocycles. The third-order valence-electron chi connectivity index (χ3n) is 13.1. The molecule has 13 heteroatoms. The van der Waals surface area contributed by atoms with E-state index in [4.69, 9.17) is 0 Å². The lowest BCUT2D eigenvalue weighted by molar-refractivity contribution is -0.145. The summed E-state index contributed by atoms with van der Waals surface area (Å²) in [6.45, 7) is 16.0. The number of amides is 5. The highest BCUT2D eigenvalue weighted by Crippen LogP contribution is 2.88. The molecule has 4 N–H and O–H groups in total. The van der Waals surface area contributed by atoms with Crippen molar-refractivity contribution in [2.75, 3.05) is 13.1 Å². The molecule has 0 aromatic carbocycles. The fraction of sp³-hybridized carbons (Fsp3) is 0.700. The molecule has 53 heavy (non-hydrogen) atoms. The number of carbonyl (C=O) groups excluding carboxylic acids is 6. The smallest absolute Gasteiger partial charge is 0.289 e. The van der Waals surface area contributed by atoms with Gasteiger partial charge in [0, 0.05) is 30.9 Å². The van der Waals surface area contributed by atoms with Gasteiger partial charge < -0.3 is 26.2 Å². The maximum absolute atomic E-state index is 15.0. The minimum absolute atomic E-state index is 0.00788. The molecule has 4 aliphatic rings. The largest absolute Gasteiger partial charge is 0.346 e. The second-order valence-corrected chi connectivity index (χ2v) is 17.3. The normalized spacial score (nSPS) is 24.6. The Morgan fingerprint density at radius 3 is 2.23 bits per heavy atom. The van der Waals surface area contributed by atoms with Crippen molar-refractivity contribution in [2.24, 2.45) is 27.6 Å². The van der Waals surface area contributed by atoms with Crippen molar-refractivity contribution < 1.29 is 28.8 Å². The zero-order chi connectivity index (χ0) is 38.8. The Morgan fingerprint density at radius 1 is 0.981 bits per heavy atom. The van der Waals surface area contributed by atoms with Gasteiger partial charge >= 0.3 is 0 Å². The van der Waals surface area contributed by atoms with Crippen LogP contribution in [0.2, 0.25) is 0 Å². The fourth-order valence-electron chi connectivity index (χ4n) is 9.84. The number of nitrogens with zero attached hydrogens (tertiary/aromatic N) is 3. The highest BCUT2D eigenvalue weighted by Gasteiger charge is 2.85. The first-order valence-electron chi connectivity index (χ1n) is 19.5. The molecule has 1 aliphatic heterocycles. The molecule has 4 fully saturated rings. The van der Waals surface area contributed by atoms with Crippen molar-refractivity contribution in [1.29, 1.82) is 0 Å². The number of fused-ring (bicyclic) bond motifs is 1. The van der Waals surface area contributed by atoms with Crippen LogP contribution in [0.4, 0.5) is 0 Å². The Kier molecular flexibility index (Phi) is 11.8. The molecule has 1 aromatic heterocycles. The number of likely N-dealkylation sites (tertiary alicyclic amines) is 1. The summed E-state index contributed by atoms with van der Waals surface area (Å²) in [5.41, 5.74) is -1.09. The van der Waals surface area contributed by atoms with Crippen LogP contribution >= 0.6 is 0 Å². The summed E-state index contributed by atoms with van der Waals surface area (Å²) in [4.78, 5) is 92.5. The van der Waals surface area contributed by atoms with Crippen molar-refractivity contribution in [1.82, 2.24) is 36.1 Å². The molecule has 13 nitrogen and oxygen atoms in total. The van der Waals surface area contributed by atoms with Gasteiger partial charge in [0.15, 0.2) is 0 Å². The number of hydrogen-bond acceptors (Lipinski definition) is 8. The van der Waals surface area contributed by atoms with Crippen molar-refractivity contribution in [3.05, 3.63) is 36.9 Å². The monoisotopic (exact) mass is 733 g/mol. The van der Waals surface area contributed by atoms with Crippen LogP contribution in [-0.2, 0) is 24.0 Å². The lowest BCUT2D eigenvalue weighted by Crippen LogP contribution is -2.62. The summed E-state index contributed by atoms with van der Waals surface area (Å²) in [5, 5.41) is 11.3. The Labute approximate surface area is 313 Å². The molecular weight excluding hydrogens is 674 g/mol. The maximum atomic E-state index is 15.0. The van der Waals surface area contributed by atoms with Crippen LogP contribution < -0.4 is 21.3 Å². The number of ketones is 1. The summed E-state index contributed by atoms with van der Waals surface area (Å²) in [6.07, 6.45) is 14.5. The van der Waals surface area contributed by atoms with Gasteiger partial charge in [0.25, 0.3) is 11.8 Å². The molecule has 0 bridgehead atoms. The van der Waals surface area contributed by atoms with E-state index in [2.05, 4.69) is 51.7 Å². The molecule has 2 heterocycles. The Balaban J connectivity index is 1.43. The second kappa shape index (κ2) is 15.7. The topological polar surface area (TPSA) is 180 Å². The predicted octanol–water partition coefficient (Wildman–Crippen LogP) is 3.64. The molecule has 2 spiro atoms. The second-order valence-electron chi connectivity index (χ2n) is 17.3. The van der Waals surface area contributed by atoms with E-state index in [9.17, 15) is 28.8 Å². The number of carbonyl (C=O) groups is 6. The molecule has 3 saturated carbocycles. The molecule has 3 aliphatic carbocycles. The van der Waals surface area contributed by atoms with Gasteiger partial charge in [0.1, 0.15) is 23.8 Å². The van der Waals surface area contributed by atoms with E-state index in [0.29, 0.717) is 19.4 Å². The van der Waals surface area contributed by atoms with Gasteiger partial charge in [-0.2, -0.15) is 0 Å². The van der Waals surface area contributed by atoms with Gasteiger partial charge in [0.2, 0.25) is 23.5 Å². The Bertz CT molecular complexity index is 1580. The van der Waals surface area contributed by atoms with E-state index in [1.807, 2.05) is 27.7 Å². The molecule has 5 rings (SSSR count). The zero-order valence-corrected chi connectivity index (χ0v) is 32.4. The fourth-order valence-corrected chi connectivity index (χ4v) is 9.84. The van der Waals surface area contributed by atoms with Crippen molar-refractivity contribution >= 4 is 35.3 Å². The first kappa shape index (κ1) is 40.0. The van der Waals surface area contributed by atoms with Crippen LogP contribution in [0.15, 0.2) is 31.2 Å². The van der Waals surface area contributed by atoms with E-state index in [0.717, 1.165) is 51.4 Å². The van der Waals surface area contributed by atoms with Gasteiger partial charge in [0.05, 0.1) is 12.2 Å². The number of rotatable bonds is 14. The first-order chi connectivity index (χ1) is 25.0. The molecule has 5 atom stereocenters. The molecule has 0 radical (unpaired) electrons. The first-order valence-corrected chi connectivity index (χ1v) is 19.5. The predicted molar refractivity (Wildman–Crippen MR) is 199 cm³/mol. The number of nitrogens with one attached hydrogen (secondary N) is 4. The quantitative estimate of drug-likeness (QED) is 0.165. The summed E-state index contributed by atoms with van der Waals surface area (Å²) in [5.74, 6) is -3.51. The molecule has 1 aromatic rings. The Morgan fingerprint density at radius 2 is 1.68 bits per heavy atom. The number of aromatic nitrogens is 2. The summed E-state index contributed by atoms with van der Waals surface area (Å²) in [6, 6.07) is -3.89. The summed E-state index contributed by atoms with van der Waals surface area (Å²) >= 11 is 0. The SMILES string of the molecule is C=CCNC(=O)C(=O)[C@@H](CCC)NC(=O)[C@@H]1C[C@@]2(CN1C(=O)[C@@H](NC(=O)[C@@H](NC(=O)c1cnccn1)C1CCCCC1)C(C)(C)C)C(C)(C)C21CCC1. The lowest BCUT2D eigenvalue weighted by atomic mass is 9.73. The van der Waals surface area contributed by atoms with Crippen LogP contribution in [0.5, 0.6) is 0 Å². The molecule has 290 valence electrons. The lowest BCUT2D eigenvalue weighted by Gasteiger charge is -2.38. The average molecular weight is 734 g/mol. The third kappa shape index (κ3) is 7.49. The van der Waals surface area contributed by atoms with E-state index < -0.39 is 59.0 Å². The van der Waals surface area contributed by atoms with Crippen molar-refractivity contribution in [3.8, 4) is 0 Å². The maximum Gasteiger partial charge on any atom is 0.289 e. The van der Waals surface area contributed by atoms with E-state index >= 15 is 0 Å². The summed E-state index contributed by atoms with van der Waals surface area (Å²) in [7, 11) is 0. The minimum Gasteiger partial charge on any atom is -0.346 e. The standard InChI is InChI=1S/C40H59N7O6/c1-8-14-26(30(48)35(52)43-19-9-2)44-33(50)28-22-40(38(6,7)39(40)17-13-18-39)24-47(28)36(53)31(37(3,4)5)46-34(51)29(25-15-11-10-12-16-25)45-32(49)27-23-41-20-21-42-27/h9,20-21,23,25-26,28-29,31H,2,8,10-19,22,24H2,1,3-7H3,(H,43,52)(H,44,50)(H,45,49)(H,46,51)/t26-,28+,29+,31-,40-/m1/s1. The zero-order valence-electron chi connectivity index (χ0n) is 32.4. The van der Waals surface area contributed by atoms with Crippen LogP contribution in [0.25, 0.3) is 0 Å². The van der Waals surface area contributed by atoms with Crippen LogP contribution in [0.3, 0.4) is 0 Å².